The van der Waals surface area contributed by atoms with E-state index in [1.807, 2.05) is 44.4 Å². The molecular weight excluding hydrogens is 252 g/mol. The van der Waals surface area contributed by atoms with Crippen LogP contribution >= 0.6 is 0 Å². The fourth-order valence-electron chi connectivity index (χ4n) is 2.04. The van der Waals surface area contributed by atoms with Crippen LogP contribution in [0.25, 0.3) is 0 Å². The van der Waals surface area contributed by atoms with Crippen LogP contribution in [-0.4, -0.2) is 20.7 Å². The highest BCUT2D eigenvalue weighted by atomic mass is 16.1. The lowest BCUT2D eigenvalue weighted by atomic mass is 10.3. The predicted octanol–water partition coefficient (Wildman–Crippen LogP) is 2.50. The van der Waals surface area contributed by atoms with Gasteiger partial charge >= 0.3 is 5.69 Å². The van der Waals surface area contributed by atoms with Gasteiger partial charge in [-0.2, -0.15) is 0 Å². The highest BCUT2D eigenvalue weighted by Gasteiger charge is 2.07. The topological polar surface area (TPSA) is 51.9 Å². The summed E-state index contributed by atoms with van der Waals surface area (Å²) < 4.78 is 3.41. The van der Waals surface area contributed by atoms with Crippen molar-refractivity contribution < 1.29 is 0 Å². The Labute approximate surface area is 119 Å². The molecule has 2 heterocycles. The van der Waals surface area contributed by atoms with Gasteiger partial charge in [0, 0.05) is 25.0 Å². The fourth-order valence-corrected chi connectivity index (χ4v) is 2.04. The van der Waals surface area contributed by atoms with Gasteiger partial charge in [-0.05, 0) is 32.4 Å². The maximum absolute atomic E-state index is 12.2. The Morgan fingerprint density at radius 2 is 2.10 bits per heavy atom. The summed E-state index contributed by atoms with van der Waals surface area (Å²) in [5, 5.41) is 3.25. The van der Waals surface area contributed by atoms with Crippen molar-refractivity contribution in [2.45, 2.75) is 39.8 Å². The van der Waals surface area contributed by atoms with Crippen molar-refractivity contribution >= 4 is 5.82 Å². The van der Waals surface area contributed by atoms with E-state index >= 15 is 0 Å². The van der Waals surface area contributed by atoms with Crippen molar-refractivity contribution in [3.05, 3.63) is 46.8 Å². The molecule has 108 valence electrons. The lowest BCUT2D eigenvalue weighted by Crippen LogP contribution is -2.25. The number of nitrogens with zero attached hydrogens (tertiary/aromatic N) is 3. The summed E-state index contributed by atoms with van der Waals surface area (Å²) in [5.41, 5.74) is 0.892. The molecule has 0 amide bonds. The van der Waals surface area contributed by atoms with Gasteiger partial charge in [0.1, 0.15) is 5.82 Å². The molecule has 0 saturated carbocycles. The number of anilines is 1. The van der Waals surface area contributed by atoms with E-state index in [0.717, 1.165) is 24.5 Å². The average molecular weight is 274 g/mol. The molecule has 0 saturated heterocycles. The van der Waals surface area contributed by atoms with Crippen LogP contribution in [-0.2, 0) is 6.54 Å². The summed E-state index contributed by atoms with van der Waals surface area (Å²) in [4.78, 5) is 16.7. The molecule has 0 aliphatic rings. The van der Waals surface area contributed by atoms with E-state index < -0.39 is 0 Å². The van der Waals surface area contributed by atoms with E-state index in [0.29, 0.717) is 6.54 Å². The summed E-state index contributed by atoms with van der Waals surface area (Å²) in [5.74, 6) is 0.862. The SMILES string of the molecule is CCCNc1cccc(Cn2ccn(C(C)C)c2=O)n1. The first-order valence-corrected chi connectivity index (χ1v) is 7.09. The van der Waals surface area contributed by atoms with Crippen LogP contribution in [0.15, 0.2) is 35.4 Å². The van der Waals surface area contributed by atoms with Gasteiger partial charge in [-0.1, -0.05) is 13.0 Å². The molecule has 20 heavy (non-hydrogen) atoms. The summed E-state index contributed by atoms with van der Waals surface area (Å²) in [6, 6.07) is 6.02. The molecule has 2 aromatic rings. The minimum absolute atomic E-state index is 0.00807. The highest BCUT2D eigenvalue weighted by Crippen LogP contribution is 2.07. The standard InChI is InChI=1S/C15H22N4O/c1-4-8-16-14-7-5-6-13(17-14)11-18-9-10-19(12(2)3)15(18)20/h5-7,9-10,12H,4,8,11H2,1-3H3,(H,16,17). The van der Waals surface area contributed by atoms with Crippen LogP contribution in [0.4, 0.5) is 5.82 Å². The molecule has 2 rings (SSSR count). The van der Waals surface area contributed by atoms with Gasteiger partial charge in [-0.25, -0.2) is 9.78 Å². The maximum atomic E-state index is 12.2. The van der Waals surface area contributed by atoms with E-state index in [9.17, 15) is 4.79 Å². The van der Waals surface area contributed by atoms with E-state index in [1.165, 1.54) is 0 Å². The van der Waals surface area contributed by atoms with Gasteiger partial charge in [-0.15, -0.1) is 0 Å². The van der Waals surface area contributed by atoms with Gasteiger partial charge in [0.2, 0.25) is 0 Å². The zero-order valence-electron chi connectivity index (χ0n) is 12.3. The molecule has 0 aliphatic heterocycles. The number of hydrogen-bond donors (Lipinski definition) is 1. The molecule has 0 aromatic carbocycles. The molecule has 0 aliphatic carbocycles. The Morgan fingerprint density at radius 3 is 2.75 bits per heavy atom. The molecule has 0 fully saturated rings. The van der Waals surface area contributed by atoms with Gasteiger partial charge in [0.05, 0.1) is 12.2 Å². The van der Waals surface area contributed by atoms with Crippen LogP contribution in [0.1, 0.15) is 38.9 Å². The first-order valence-electron chi connectivity index (χ1n) is 7.09. The van der Waals surface area contributed by atoms with Crippen LogP contribution < -0.4 is 11.0 Å². The van der Waals surface area contributed by atoms with Crippen molar-refractivity contribution in [1.29, 1.82) is 0 Å². The quantitative estimate of drug-likeness (QED) is 0.880. The molecular formula is C15H22N4O. The van der Waals surface area contributed by atoms with Crippen LogP contribution in [0.2, 0.25) is 0 Å². The van der Waals surface area contributed by atoms with Gasteiger partial charge in [0.15, 0.2) is 0 Å². The number of pyridine rings is 1. The van der Waals surface area contributed by atoms with E-state index in [4.69, 9.17) is 0 Å². The van der Waals surface area contributed by atoms with Crippen LogP contribution in [0.3, 0.4) is 0 Å². The minimum Gasteiger partial charge on any atom is -0.370 e. The highest BCUT2D eigenvalue weighted by molar-refractivity contribution is 5.35. The summed E-state index contributed by atoms with van der Waals surface area (Å²) >= 11 is 0. The molecule has 0 unspecified atom stereocenters. The van der Waals surface area contributed by atoms with Crippen molar-refractivity contribution in [2.75, 3.05) is 11.9 Å². The Kier molecular flexibility index (Phi) is 4.61. The first-order chi connectivity index (χ1) is 9.61. The monoisotopic (exact) mass is 274 g/mol. The zero-order chi connectivity index (χ0) is 14.5. The number of hydrogen-bond acceptors (Lipinski definition) is 3. The lowest BCUT2D eigenvalue weighted by Gasteiger charge is -2.07. The third kappa shape index (κ3) is 3.29. The predicted molar refractivity (Wildman–Crippen MR) is 81.2 cm³/mol. The molecule has 5 nitrogen and oxygen atoms in total. The summed E-state index contributed by atoms with van der Waals surface area (Å²) in [6.45, 7) is 7.52. The fraction of sp³-hybridized carbons (Fsp3) is 0.467. The zero-order valence-corrected chi connectivity index (χ0v) is 12.3. The van der Waals surface area contributed by atoms with E-state index in [1.54, 1.807) is 9.13 Å². The lowest BCUT2D eigenvalue weighted by molar-refractivity contribution is 0.560. The van der Waals surface area contributed by atoms with Crippen molar-refractivity contribution in [1.82, 2.24) is 14.1 Å². The number of aromatic nitrogens is 3. The smallest absolute Gasteiger partial charge is 0.328 e. The third-order valence-corrected chi connectivity index (χ3v) is 3.13. The van der Waals surface area contributed by atoms with E-state index in [2.05, 4.69) is 17.2 Å². The maximum Gasteiger partial charge on any atom is 0.328 e. The molecule has 0 radical (unpaired) electrons. The summed E-state index contributed by atoms with van der Waals surface area (Å²) in [7, 11) is 0. The van der Waals surface area contributed by atoms with Crippen LogP contribution in [0.5, 0.6) is 0 Å². The van der Waals surface area contributed by atoms with E-state index in [-0.39, 0.29) is 11.7 Å². The second-order valence-electron chi connectivity index (χ2n) is 5.15. The minimum atomic E-state index is 0.00807. The van der Waals surface area contributed by atoms with Crippen LogP contribution in [0, 0.1) is 0 Å². The number of rotatable bonds is 6. The molecule has 5 heteroatoms. The third-order valence-electron chi connectivity index (χ3n) is 3.13. The van der Waals surface area contributed by atoms with Gasteiger partial charge < -0.3 is 5.32 Å². The molecule has 0 atom stereocenters. The van der Waals surface area contributed by atoms with Gasteiger partial charge in [0.25, 0.3) is 0 Å². The average Bonchev–Trinajstić information content (AvgIpc) is 2.78. The van der Waals surface area contributed by atoms with Gasteiger partial charge in [-0.3, -0.25) is 9.13 Å². The molecule has 1 N–H and O–H groups in total. The molecule has 0 bridgehead atoms. The Hall–Kier alpha value is -2.04. The Bertz CT molecular complexity index is 612. The largest absolute Gasteiger partial charge is 0.370 e. The van der Waals surface area contributed by atoms with Crippen molar-refractivity contribution in [2.24, 2.45) is 0 Å². The number of nitrogens with one attached hydrogen (secondary N) is 1. The molecule has 0 spiro atoms. The molecule has 2 aromatic heterocycles. The number of imidazole rings is 1. The van der Waals surface area contributed by atoms with Crippen molar-refractivity contribution in [3.63, 3.8) is 0 Å². The Balaban J connectivity index is 2.16. The Morgan fingerprint density at radius 1 is 1.30 bits per heavy atom. The summed E-state index contributed by atoms with van der Waals surface area (Å²) in [6.07, 6.45) is 4.70. The second-order valence-corrected chi connectivity index (χ2v) is 5.15. The first kappa shape index (κ1) is 14.4. The van der Waals surface area contributed by atoms with Crippen molar-refractivity contribution in [3.8, 4) is 0 Å². The second kappa shape index (κ2) is 6.41. The normalized spacial score (nSPS) is 11.0.